The van der Waals surface area contributed by atoms with Gasteiger partial charge in [0.1, 0.15) is 0 Å². The number of ether oxygens (including phenoxy) is 1. The van der Waals surface area contributed by atoms with Gasteiger partial charge in [0.2, 0.25) is 0 Å². The number of benzene rings is 1. The number of hydrogen-bond donors (Lipinski definition) is 2. The molecule has 0 aliphatic carbocycles. The number of hydrogen-bond acceptors (Lipinski definition) is 3. The molecule has 4 heteroatoms. The molecule has 1 aliphatic rings. The zero-order valence-corrected chi connectivity index (χ0v) is 12.7. The Morgan fingerprint density at radius 3 is 2.70 bits per heavy atom. The lowest BCUT2D eigenvalue weighted by atomic mass is 10.1. The van der Waals surface area contributed by atoms with Crippen molar-refractivity contribution >= 4 is 11.6 Å². The molecular weight excluding hydrogens is 252 g/mol. The van der Waals surface area contributed by atoms with Crippen LogP contribution in [0.25, 0.3) is 0 Å². The maximum atomic E-state index is 12.0. The molecule has 1 saturated heterocycles. The Balaban J connectivity index is 2.07. The van der Waals surface area contributed by atoms with E-state index in [2.05, 4.69) is 17.6 Å². The number of carbonyl (C=O) groups excluding carboxylic acids is 1. The summed E-state index contributed by atoms with van der Waals surface area (Å²) in [5, 5.41) is 6.40. The van der Waals surface area contributed by atoms with Gasteiger partial charge in [0, 0.05) is 23.9 Å². The van der Waals surface area contributed by atoms with Crippen molar-refractivity contribution in [3.05, 3.63) is 29.3 Å². The number of nitrogens with one attached hydrogen (secondary N) is 2. The zero-order valence-electron chi connectivity index (χ0n) is 12.7. The minimum Gasteiger partial charge on any atom is -0.380 e. The van der Waals surface area contributed by atoms with Crippen molar-refractivity contribution in [3.63, 3.8) is 0 Å². The predicted molar refractivity (Wildman–Crippen MR) is 81.2 cm³/mol. The van der Waals surface area contributed by atoms with Gasteiger partial charge in [-0.05, 0) is 57.9 Å². The summed E-state index contributed by atoms with van der Waals surface area (Å²) in [6.45, 7) is 8.79. The fourth-order valence-corrected chi connectivity index (χ4v) is 2.48. The van der Waals surface area contributed by atoms with E-state index in [9.17, 15) is 4.79 Å². The van der Waals surface area contributed by atoms with Crippen LogP contribution in [0.4, 0.5) is 5.69 Å². The van der Waals surface area contributed by atoms with Crippen molar-refractivity contribution in [2.45, 2.75) is 52.3 Å². The molecule has 2 atom stereocenters. The topological polar surface area (TPSA) is 50.4 Å². The first kappa shape index (κ1) is 14.9. The zero-order chi connectivity index (χ0) is 14.7. The van der Waals surface area contributed by atoms with Gasteiger partial charge in [-0.3, -0.25) is 4.79 Å². The van der Waals surface area contributed by atoms with Crippen LogP contribution < -0.4 is 10.6 Å². The van der Waals surface area contributed by atoms with Crippen LogP contribution in [-0.2, 0) is 4.74 Å². The second-order valence-electron chi connectivity index (χ2n) is 5.77. The van der Waals surface area contributed by atoms with Crippen LogP contribution in [-0.4, -0.2) is 30.7 Å². The highest BCUT2D eigenvalue weighted by Crippen LogP contribution is 2.21. The molecule has 0 unspecified atom stereocenters. The lowest BCUT2D eigenvalue weighted by Crippen LogP contribution is -2.30. The fourth-order valence-electron chi connectivity index (χ4n) is 2.48. The van der Waals surface area contributed by atoms with Gasteiger partial charge in [-0.2, -0.15) is 0 Å². The van der Waals surface area contributed by atoms with Crippen molar-refractivity contribution in [1.82, 2.24) is 5.32 Å². The van der Waals surface area contributed by atoms with E-state index in [-0.39, 0.29) is 18.1 Å². The summed E-state index contributed by atoms with van der Waals surface area (Å²) >= 11 is 0. The summed E-state index contributed by atoms with van der Waals surface area (Å²) in [7, 11) is 0. The molecule has 0 aromatic heterocycles. The summed E-state index contributed by atoms with van der Waals surface area (Å²) in [6.07, 6.45) is 1.26. The maximum Gasteiger partial charge on any atom is 0.251 e. The molecule has 1 aromatic carbocycles. The molecule has 110 valence electrons. The van der Waals surface area contributed by atoms with Crippen LogP contribution in [0.3, 0.4) is 0 Å². The minimum atomic E-state index is -0.0124. The Labute approximate surface area is 120 Å². The van der Waals surface area contributed by atoms with Crippen LogP contribution in [0.15, 0.2) is 18.2 Å². The molecule has 0 radical (unpaired) electrons. The smallest absolute Gasteiger partial charge is 0.251 e. The first-order valence-corrected chi connectivity index (χ1v) is 7.27. The predicted octanol–water partition coefficient (Wildman–Crippen LogP) is 2.72. The Hall–Kier alpha value is -1.55. The van der Waals surface area contributed by atoms with Gasteiger partial charge in [-0.25, -0.2) is 0 Å². The normalized spacial score (nSPS) is 22.1. The van der Waals surface area contributed by atoms with E-state index in [0.717, 1.165) is 29.8 Å². The molecule has 0 bridgehead atoms. The molecule has 1 amide bonds. The summed E-state index contributed by atoms with van der Waals surface area (Å²) in [4.78, 5) is 12.0. The third-order valence-corrected chi connectivity index (χ3v) is 3.62. The molecule has 2 rings (SSSR count). The van der Waals surface area contributed by atoms with Crippen molar-refractivity contribution in [1.29, 1.82) is 0 Å². The van der Waals surface area contributed by atoms with E-state index in [1.54, 1.807) is 0 Å². The molecular formula is C16H24N2O2. The summed E-state index contributed by atoms with van der Waals surface area (Å²) in [6, 6.07) is 6.38. The van der Waals surface area contributed by atoms with E-state index in [1.807, 2.05) is 39.0 Å². The second kappa shape index (κ2) is 6.27. The van der Waals surface area contributed by atoms with E-state index in [4.69, 9.17) is 4.74 Å². The summed E-state index contributed by atoms with van der Waals surface area (Å²) in [5.74, 6) is -0.0124. The molecule has 0 saturated carbocycles. The number of anilines is 1. The molecule has 1 fully saturated rings. The van der Waals surface area contributed by atoms with Crippen LogP contribution >= 0.6 is 0 Å². The summed E-state index contributed by atoms with van der Waals surface area (Å²) < 4.78 is 5.55. The molecule has 4 nitrogen and oxygen atoms in total. The van der Waals surface area contributed by atoms with Crippen LogP contribution in [0.2, 0.25) is 0 Å². The second-order valence-corrected chi connectivity index (χ2v) is 5.77. The van der Waals surface area contributed by atoms with Crippen molar-refractivity contribution in [2.24, 2.45) is 0 Å². The van der Waals surface area contributed by atoms with E-state index in [1.165, 1.54) is 0 Å². The Kier molecular flexibility index (Phi) is 4.65. The number of amides is 1. The van der Waals surface area contributed by atoms with E-state index < -0.39 is 0 Å². The van der Waals surface area contributed by atoms with Gasteiger partial charge in [-0.1, -0.05) is 0 Å². The van der Waals surface area contributed by atoms with Gasteiger partial charge >= 0.3 is 0 Å². The van der Waals surface area contributed by atoms with Gasteiger partial charge < -0.3 is 15.4 Å². The van der Waals surface area contributed by atoms with E-state index >= 15 is 0 Å². The first-order valence-electron chi connectivity index (χ1n) is 7.27. The SMILES string of the molecule is Cc1cc(N[C@@H]2CCO[C@H]2C)ccc1C(=O)NC(C)C. The number of rotatable bonds is 4. The highest BCUT2D eigenvalue weighted by Gasteiger charge is 2.24. The van der Waals surface area contributed by atoms with Crippen LogP contribution in [0.1, 0.15) is 43.1 Å². The largest absolute Gasteiger partial charge is 0.380 e. The molecule has 1 aliphatic heterocycles. The molecule has 1 aromatic rings. The standard InChI is InChI=1S/C16H24N2O2/c1-10(2)17-16(19)14-6-5-13(9-11(14)3)18-15-7-8-20-12(15)4/h5-6,9-10,12,15,18H,7-8H2,1-4H3,(H,17,19)/t12-,15+/m0/s1. The lowest BCUT2D eigenvalue weighted by molar-refractivity contribution is 0.0942. The Bertz CT molecular complexity index is 485. The molecule has 1 heterocycles. The van der Waals surface area contributed by atoms with Gasteiger partial charge in [0.25, 0.3) is 5.91 Å². The number of aryl methyl sites for hydroxylation is 1. The lowest BCUT2D eigenvalue weighted by Gasteiger charge is -2.18. The summed E-state index contributed by atoms with van der Waals surface area (Å²) in [5.41, 5.74) is 2.77. The van der Waals surface area contributed by atoms with Crippen molar-refractivity contribution in [2.75, 3.05) is 11.9 Å². The molecule has 20 heavy (non-hydrogen) atoms. The third-order valence-electron chi connectivity index (χ3n) is 3.62. The third kappa shape index (κ3) is 3.51. The van der Waals surface area contributed by atoms with Crippen LogP contribution in [0.5, 0.6) is 0 Å². The highest BCUT2D eigenvalue weighted by molar-refractivity contribution is 5.96. The quantitative estimate of drug-likeness (QED) is 0.889. The fraction of sp³-hybridized carbons (Fsp3) is 0.562. The van der Waals surface area contributed by atoms with Crippen molar-refractivity contribution in [3.8, 4) is 0 Å². The van der Waals surface area contributed by atoms with Crippen LogP contribution in [0, 0.1) is 6.92 Å². The maximum absolute atomic E-state index is 12.0. The van der Waals surface area contributed by atoms with E-state index in [0.29, 0.717) is 6.04 Å². The first-order chi connectivity index (χ1) is 9.47. The van der Waals surface area contributed by atoms with Gasteiger partial charge in [0.05, 0.1) is 12.1 Å². The van der Waals surface area contributed by atoms with Gasteiger partial charge in [-0.15, -0.1) is 0 Å². The van der Waals surface area contributed by atoms with Crippen molar-refractivity contribution < 1.29 is 9.53 Å². The molecule has 2 N–H and O–H groups in total. The Morgan fingerprint density at radius 1 is 1.40 bits per heavy atom. The average Bonchev–Trinajstić information content (AvgIpc) is 2.74. The number of carbonyl (C=O) groups is 1. The Morgan fingerprint density at radius 2 is 2.15 bits per heavy atom. The highest BCUT2D eigenvalue weighted by atomic mass is 16.5. The minimum absolute atomic E-state index is 0.0124. The molecule has 0 spiro atoms. The van der Waals surface area contributed by atoms with Gasteiger partial charge in [0.15, 0.2) is 0 Å². The monoisotopic (exact) mass is 276 g/mol. The average molecular weight is 276 g/mol.